The van der Waals surface area contributed by atoms with Crippen LogP contribution in [0.2, 0.25) is 0 Å². The number of rotatable bonds is 9. The number of nitrogens with zero attached hydrogens (tertiary/aromatic N) is 1. The minimum atomic E-state index is -3.64. The van der Waals surface area contributed by atoms with Gasteiger partial charge >= 0.3 is 6.61 Å². The van der Waals surface area contributed by atoms with E-state index in [9.17, 15) is 22.0 Å². The zero-order valence-corrected chi connectivity index (χ0v) is 18.2. The van der Waals surface area contributed by atoms with Crippen molar-refractivity contribution in [1.82, 2.24) is 4.31 Å². The van der Waals surface area contributed by atoms with Crippen molar-refractivity contribution in [3.8, 4) is 11.5 Å². The molecule has 0 radical (unpaired) electrons. The zero-order chi connectivity index (χ0) is 23.1. The number of carbonyl (C=O) groups excluding carboxylic acids is 1. The number of ketones is 1. The Morgan fingerprint density at radius 1 is 1.12 bits per heavy atom. The number of hydrogen-bond donors (Lipinski definition) is 0. The largest absolute Gasteiger partial charge is 0.490 e. The monoisotopic (exact) mass is 467 g/mol. The third-order valence-corrected chi connectivity index (χ3v) is 6.57. The maximum Gasteiger partial charge on any atom is 0.387 e. The molecule has 0 atom stereocenters. The molecule has 1 aliphatic rings. The summed E-state index contributed by atoms with van der Waals surface area (Å²) in [5.74, 6) is -0.298. The van der Waals surface area contributed by atoms with Gasteiger partial charge in [0, 0.05) is 18.7 Å². The van der Waals surface area contributed by atoms with Gasteiger partial charge in [-0.2, -0.15) is 13.1 Å². The number of hydrogen-bond acceptors (Lipinski definition) is 6. The molecule has 1 saturated heterocycles. The summed E-state index contributed by atoms with van der Waals surface area (Å²) in [6, 6.07) is 10.0. The molecule has 0 spiro atoms. The van der Waals surface area contributed by atoms with Crippen molar-refractivity contribution in [2.45, 2.75) is 18.4 Å². The molecule has 10 heteroatoms. The Kier molecular flexibility index (Phi) is 7.94. The van der Waals surface area contributed by atoms with E-state index in [4.69, 9.17) is 9.47 Å². The number of carbonyl (C=O) groups is 1. The molecule has 32 heavy (non-hydrogen) atoms. The molecule has 0 amide bonds. The number of sulfonamides is 1. The highest BCUT2D eigenvalue weighted by molar-refractivity contribution is 7.89. The van der Waals surface area contributed by atoms with Crippen molar-refractivity contribution < 1.29 is 36.2 Å². The molecule has 172 valence electrons. The summed E-state index contributed by atoms with van der Waals surface area (Å²) in [5.41, 5.74) is 0.861. The van der Waals surface area contributed by atoms with Gasteiger partial charge < -0.3 is 14.2 Å². The summed E-state index contributed by atoms with van der Waals surface area (Å²) in [6.07, 6.45) is 2.82. The van der Waals surface area contributed by atoms with Gasteiger partial charge in [-0.25, -0.2) is 8.42 Å². The van der Waals surface area contributed by atoms with Gasteiger partial charge in [0.1, 0.15) is 0 Å². The fourth-order valence-electron chi connectivity index (χ4n) is 3.09. The molecule has 0 N–H and O–H groups in total. The molecule has 1 heterocycles. The van der Waals surface area contributed by atoms with Gasteiger partial charge in [0.15, 0.2) is 17.3 Å². The summed E-state index contributed by atoms with van der Waals surface area (Å²) < 4.78 is 66.6. The van der Waals surface area contributed by atoms with Crippen LogP contribution < -0.4 is 9.47 Å². The quantitative estimate of drug-likeness (QED) is 0.414. The van der Waals surface area contributed by atoms with Crippen LogP contribution in [0.15, 0.2) is 53.4 Å². The van der Waals surface area contributed by atoms with Crippen molar-refractivity contribution in [3.05, 3.63) is 59.7 Å². The highest BCUT2D eigenvalue weighted by Gasteiger charge is 2.26. The van der Waals surface area contributed by atoms with Crippen LogP contribution in [0.4, 0.5) is 8.78 Å². The Morgan fingerprint density at radius 3 is 2.44 bits per heavy atom. The second-order valence-corrected chi connectivity index (χ2v) is 8.69. The topological polar surface area (TPSA) is 82.1 Å². The summed E-state index contributed by atoms with van der Waals surface area (Å²) in [4.78, 5) is 12.6. The Labute approximate surface area is 185 Å². The molecule has 1 aliphatic heterocycles. The third-order valence-electron chi connectivity index (χ3n) is 4.66. The minimum Gasteiger partial charge on any atom is -0.490 e. The highest BCUT2D eigenvalue weighted by Crippen LogP contribution is 2.30. The van der Waals surface area contributed by atoms with E-state index in [-0.39, 0.29) is 41.9 Å². The van der Waals surface area contributed by atoms with E-state index in [0.29, 0.717) is 24.3 Å². The van der Waals surface area contributed by atoms with Crippen LogP contribution in [-0.4, -0.2) is 58.0 Å². The van der Waals surface area contributed by atoms with E-state index in [1.165, 1.54) is 58.9 Å². The summed E-state index contributed by atoms with van der Waals surface area (Å²) in [6.45, 7) is 0.258. The average molecular weight is 467 g/mol. The van der Waals surface area contributed by atoms with Crippen molar-refractivity contribution in [2.75, 3.05) is 32.9 Å². The first-order chi connectivity index (χ1) is 15.3. The molecule has 3 rings (SSSR count). The van der Waals surface area contributed by atoms with Crippen molar-refractivity contribution in [3.63, 3.8) is 0 Å². The fourth-order valence-corrected chi connectivity index (χ4v) is 4.49. The lowest BCUT2D eigenvalue weighted by Gasteiger charge is -2.26. The van der Waals surface area contributed by atoms with E-state index in [2.05, 4.69) is 4.74 Å². The first-order valence-electron chi connectivity index (χ1n) is 9.93. The third kappa shape index (κ3) is 5.90. The van der Waals surface area contributed by atoms with Gasteiger partial charge in [0.2, 0.25) is 10.0 Å². The number of alkyl halides is 2. The van der Waals surface area contributed by atoms with Gasteiger partial charge in [0.05, 0.1) is 24.7 Å². The Bertz CT molecular complexity index is 1060. The molecule has 2 aromatic rings. The summed E-state index contributed by atoms with van der Waals surface area (Å²) >= 11 is 0. The summed E-state index contributed by atoms with van der Waals surface area (Å²) in [5, 5.41) is 0. The molecule has 0 aliphatic carbocycles. The van der Waals surface area contributed by atoms with Crippen LogP contribution in [0.25, 0.3) is 6.08 Å². The standard InChI is InChI=1S/C22H23F2NO6S/c1-2-30-21-15-16(4-10-20(21)31-22(23)24)3-9-19(26)17-5-7-18(8-6-17)32(27,28)25-11-13-29-14-12-25/h3-10,15,22H,2,11-14H2,1H3/b9-3+. The molecular weight excluding hydrogens is 444 g/mol. The molecule has 0 aromatic heterocycles. The van der Waals surface area contributed by atoms with E-state index >= 15 is 0 Å². The molecule has 1 fully saturated rings. The van der Waals surface area contributed by atoms with Crippen LogP contribution in [0.1, 0.15) is 22.8 Å². The molecule has 2 aromatic carbocycles. The zero-order valence-electron chi connectivity index (χ0n) is 17.4. The second kappa shape index (κ2) is 10.7. The van der Waals surface area contributed by atoms with E-state index in [1.807, 2.05) is 0 Å². The Balaban J connectivity index is 1.72. The lowest BCUT2D eigenvalue weighted by Crippen LogP contribution is -2.40. The van der Waals surface area contributed by atoms with Crippen LogP contribution in [-0.2, 0) is 14.8 Å². The highest BCUT2D eigenvalue weighted by atomic mass is 32.2. The van der Waals surface area contributed by atoms with E-state index in [1.54, 1.807) is 6.92 Å². The molecule has 0 bridgehead atoms. The van der Waals surface area contributed by atoms with Crippen molar-refractivity contribution in [1.29, 1.82) is 0 Å². The Morgan fingerprint density at radius 2 is 1.81 bits per heavy atom. The SMILES string of the molecule is CCOc1cc(/C=C/C(=O)c2ccc(S(=O)(=O)N3CCOCC3)cc2)ccc1OC(F)F. The number of benzene rings is 2. The fraction of sp³-hybridized carbons (Fsp3) is 0.318. The van der Waals surface area contributed by atoms with Crippen molar-refractivity contribution in [2.24, 2.45) is 0 Å². The number of ether oxygens (including phenoxy) is 3. The summed E-state index contributed by atoms with van der Waals surface area (Å²) in [7, 11) is -3.64. The number of halogens is 2. The van der Waals surface area contributed by atoms with Crippen molar-refractivity contribution >= 4 is 21.9 Å². The first-order valence-corrected chi connectivity index (χ1v) is 11.4. The predicted octanol–water partition coefficient (Wildman–Crippen LogP) is 3.60. The first kappa shape index (κ1) is 23.8. The van der Waals surface area contributed by atoms with Gasteiger partial charge in [0.25, 0.3) is 0 Å². The smallest absolute Gasteiger partial charge is 0.387 e. The molecule has 0 unspecified atom stereocenters. The van der Waals surface area contributed by atoms with E-state index < -0.39 is 16.6 Å². The lowest BCUT2D eigenvalue weighted by molar-refractivity contribution is -0.0514. The molecule has 0 saturated carbocycles. The van der Waals surface area contributed by atoms with Gasteiger partial charge in [-0.3, -0.25) is 4.79 Å². The number of allylic oxidation sites excluding steroid dienone is 1. The molecule has 7 nitrogen and oxygen atoms in total. The average Bonchev–Trinajstić information content (AvgIpc) is 2.79. The van der Waals surface area contributed by atoms with Gasteiger partial charge in [-0.1, -0.05) is 12.1 Å². The van der Waals surface area contributed by atoms with E-state index in [0.717, 1.165) is 0 Å². The van der Waals surface area contributed by atoms with Crippen LogP contribution >= 0.6 is 0 Å². The van der Waals surface area contributed by atoms with Crippen LogP contribution in [0, 0.1) is 0 Å². The van der Waals surface area contributed by atoms with Gasteiger partial charge in [-0.15, -0.1) is 0 Å². The second-order valence-electron chi connectivity index (χ2n) is 6.76. The maximum atomic E-state index is 12.7. The Hall–Kier alpha value is -2.82. The minimum absolute atomic E-state index is 0.0950. The lowest BCUT2D eigenvalue weighted by atomic mass is 10.1. The van der Waals surface area contributed by atoms with Crippen LogP contribution in [0.5, 0.6) is 11.5 Å². The molecular formula is C22H23F2NO6S. The number of morpholine rings is 1. The van der Waals surface area contributed by atoms with Gasteiger partial charge in [-0.05, 0) is 55.0 Å². The predicted molar refractivity (Wildman–Crippen MR) is 114 cm³/mol. The maximum absolute atomic E-state index is 12.7. The van der Waals surface area contributed by atoms with Crippen LogP contribution in [0.3, 0.4) is 0 Å². The normalized spacial score (nSPS) is 15.2.